The molecule has 2 atom stereocenters. The minimum atomic E-state index is -0.560. The molecule has 1 fully saturated rings. The predicted molar refractivity (Wildman–Crippen MR) is 107 cm³/mol. The number of fused-ring (bicyclic) bond motifs is 1. The number of amides is 3. The molecule has 3 amide bonds. The minimum absolute atomic E-state index is 0.113. The maximum absolute atomic E-state index is 12.7. The summed E-state index contributed by atoms with van der Waals surface area (Å²) in [5, 5.41) is 5.58. The van der Waals surface area contributed by atoms with E-state index in [0.717, 1.165) is 0 Å². The van der Waals surface area contributed by atoms with Gasteiger partial charge in [-0.3, -0.25) is 14.4 Å². The van der Waals surface area contributed by atoms with Crippen LogP contribution in [0.5, 0.6) is 11.5 Å². The third kappa shape index (κ3) is 3.73. The molecule has 4 rings (SSSR count). The lowest BCUT2D eigenvalue weighted by molar-refractivity contribution is -0.122. The first-order valence-corrected chi connectivity index (χ1v) is 9.31. The quantitative estimate of drug-likeness (QED) is 0.829. The van der Waals surface area contributed by atoms with Crippen molar-refractivity contribution in [3.05, 3.63) is 42.5 Å². The first-order chi connectivity index (χ1) is 13.9. The van der Waals surface area contributed by atoms with Gasteiger partial charge in [-0.25, -0.2) is 0 Å². The van der Waals surface area contributed by atoms with Crippen LogP contribution in [0.4, 0.5) is 17.1 Å². The van der Waals surface area contributed by atoms with E-state index < -0.39 is 12.0 Å². The van der Waals surface area contributed by atoms with Gasteiger partial charge >= 0.3 is 0 Å². The van der Waals surface area contributed by atoms with E-state index in [-0.39, 0.29) is 24.1 Å². The van der Waals surface area contributed by atoms with Crippen LogP contribution in [0.15, 0.2) is 42.5 Å². The first kappa shape index (κ1) is 18.8. The second-order valence-electron chi connectivity index (χ2n) is 7.06. The number of nitrogens with zero attached hydrogens (tertiary/aromatic N) is 1. The van der Waals surface area contributed by atoms with Crippen molar-refractivity contribution in [1.29, 1.82) is 0 Å². The van der Waals surface area contributed by atoms with Crippen LogP contribution in [0.25, 0.3) is 0 Å². The van der Waals surface area contributed by atoms with E-state index in [0.29, 0.717) is 35.1 Å². The third-order valence-electron chi connectivity index (χ3n) is 5.04. The molecule has 2 unspecified atom stereocenters. The standard InChI is InChI=1S/C21H21N3O5/c1-12-20(26)23-17-9-14(6-7-18(17)29-12)22-21(27)13-8-19(25)24(11-13)15-4-3-5-16(10-15)28-2/h3-7,9-10,12-13H,8,11H2,1-2H3,(H,22,27)(H,23,26). The Balaban J connectivity index is 1.45. The molecule has 8 heteroatoms. The summed E-state index contributed by atoms with van der Waals surface area (Å²) in [6, 6.07) is 12.2. The first-order valence-electron chi connectivity index (χ1n) is 9.31. The lowest BCUT2D eigenvalue weighted by Crippen LogP contribution is -2.34. The molecule has 8 nitrogen and oxygen atoms in total. The van der Waals surface area contributed by atoms with Gasteiger partial charge in [-0.05, 0) is 37.3 Å². The number of methoxy groups -OCH3 is 1. The Morgan fingerprint density at radius 1 is 1.24 bits per heavy atom. The molecule has 2 aromatic carbocycles. The average Bonchev–Trinajstić information content (AvgIpc) is 3.11. The monoisotopic (exact) mass is 395 g/mol. The van der Waals surface area contributed by atoms with Gasteiger partial charge in [0.05, 0.1) is 18.7 Å². The van der Waals surface area contributed by atoms with Crippen LogP contribution >= 0.6 is 0 Å². The largest absolute Gasteiger partial charge is 0.497 e. The van der Waals surface area contributed by atoms with E-state index in [2.05, 4.69) is 10.6 Å². The second-order valence-corrected chi connectivity index (χ2v) is 7.06. The molecule has 29 heavy (non-hydrogen) atoms. The molecule has 2 aliphatic heterocycles. The summed E-state index contributed by atoms with van der Waals surface area (Å²) < 4.78 is 10.7. The number of nitrogens with one attached hydrogen (secondary N) is 2. The molecule has 0 spiro atoms. The van der Waals surface area contributed by atoms with Gasteiger partial charge in [0.25, 0.3) is 5.91 Å². The SMILES string of the molecule is COc1cccc(N2CC(C(=O)Nc3ccc4c(c3)NC(=O)C(C)O4)CC2=O)c1. The smallest absolute Gasteiger partial charge is 0.265 e. The van der Waals surface area contributed by atoms with Crippen molar-refractivity contribution >= 4 is 34.8 Å². The summed E-state index contributed by atoms with van der Waals surface area (Å²) in [7, 11) is 1.56. The molecule has 2 aromatic rings. The van der Waals surface area contributed by atoms with Crippen molar-refractivity contribution in [2.75, 3.05) is 29.2 Å². The zero-order chi connectivity index (χ0) is 20.5. The highest BCUT2D eigenvalue weighted by atomic mass is 16.5. The highest BCUT2D eigenvalue weighted by Gasteiger charge is 2.35. The van der Waals surface area contributed by atoms with Crippen molar-refractivity contribution in [1.82, 2.24) is 0 Å². The Morgan fingerprint density at radius 3 is 2.86 bits per heavy atom. The summed E-state index contributed by atoms with van der Waals surface area (Å²) in [6.45, 7) is 1.96. The highest BCUT2D eigenvalue weighted by Crippen LogP contribution is 2.33. The fourth-order valence-electron chi connectivity index (χ4n) is 3.44. The maximum Gasteiger partial charge on any atom is 0.265 e. The summed E-state index contributed by atoms with van der Waals surface area (Å²) in [5.74, 6) is 0.122. The van der Waals surface area contributed by atoms with Crippen LogP contribution in [0, 0.1) is 5.92 Å². The van der Waals surface area contributed by atoms with Crippen LogP contribution in [0.1, 0.15) is 13.3 Å². The van der Waals surface area contributed by atoms with Gasteiger partial charge in [0.15, 0.2) is 6.10 Å². The van der Waals surface area contributed by atoms with E-state index >= 15 is 0 Å². The van der Waals surface area contributed by atoms with Gasteiger partial charge in [0.2, 0.25) is 11.8 Å². The van der Waals surface area contributed by atoms with Crippen molar-refractivity contribution < 1.29 is 23.9 Å². The number of rotatable bonds is 4. The van der Waals surface area contributed by atoms with Gasteiger partial charge in [-0.1, -0.05) is 6.07 Å². The molecule has 0 radical (unpaired) electrons. The van der Waals surface area contributed by atoms with Gasteiger partial charge < -0.3 is 25.0 Å². The number of hydrogen-bond donors (Lipinski definition) is 2. The van der Waals surface area contributed by atoms with E-state index in [1.165, 1.54) is 0 Å². The van der Waals surface area contributed by atoms with Crippen molar-refractivity contribution in [3.8, 4) is 11.5 Å². The maximum atomic E-state index is 12.7. The van der Waals surface area contributed by atoms with E-state index in [1.807, 2.05) is 6.07 Å². The van der Waals surface area contributed by atoms with Gasteiger partial charge in [0.1, 0.15) is 11.5 Å². The molecule has 2 aliphatic rings. The topological polar surface area (TPSA) is 97.0 Å². The summed E-state index contributed by atoms with van der Waals surface area (Å²) in [4.78, 5) is 38.5. The highest BCUT2D eigenvalue weighted by molar-refractivity contribution is 6.04. The summed E-state index contributed by atoms with van der Waals surface area (Å²) >= 11 is 0. The zero-order valence-electron chi connectivity index (χ0n) is 16.1. The second kappa shape index (κ2) is 7.46. The molecule has 2 heterocycles. The summed E-state index contributed by atoms with van der Waals surface area (Å²) in [5.41, 5.74) is 1.73. The molecule has 0 saturated carbocycles. The molecule has 0 aromatic heterocycles. The van der Waals surface area contributed by atoms with Crippen LogP contribution < -0.4 is 25.0 Å². The minimum Gasteiger partial charge on any atom is -0.497 e. The molecule has 1 saturated heterocycles. The Bertz CT molecular complexity index is 990. The van der Waals surface area contributed by atoms with Gasteiger partial charge in [-0.15, -0.1) is 0 Å². The lowest BCUT2D eigenvalue weighted by Gasteiger charge is -2.24. The molecule has 0 aliphatic carbocycles. The van der Waals surface area contributed by atoms with Crippen molar-refractivity contribution in [2.24, 2.45) is 5.92 Å². The third-order valence-corrected chi connectivity index (χ3v) is 5.04. The van der Waals surface area contributed by atoms with E-state index in [1.54, 1.807) is 55.3 Å². The molecule has 2 N–H and O–H groups in total. The van der Waals surface area contributed by atoms with Crippen molar-refractivity contribution in [3.63, 3.8) is 0 Å². The van der Waals surface area contributed by atoms with Crippen molar-refractivity contribution in [2.45, 2.75) is 19.4 Å². The Kier molecular flexibility index (Phi) is 4.84. The lowest BCUT2D eigenvalue weighted by atomic mass is 10.1. The predicted octanol–water partition coefficient (Wildman–Crippen LogP) is 2.41. The van der Waals surface area contributed by atoms with Gasteiger partial charge in [-0.2, -0.15) is 0 Å². The van der Waals surface area contributed by atoms with Gasteiger partial charge in [0, 0.05) is 30.4 Å². The van der Waals surface area contributed by atoms with E-state index in [4.69, 9.17) is 9.47 Å². The average molecular weight is 395 g/mol. The molecule has 150 valence electrons. The fourth-order valence-corrected chi connectivity index (χ4v) is 3.44. The molecular formula is C21H21N3O5. The number of carbonyl (C=O) groups is 3. The molecular weight excluding hydrogens is 374 g/mol. The number of hydrogen-bond acceptors (Lipinski definition) is 5. The zero-order valence-corrected chi connectivity index (χ0v) is 16.1. The Morgan fingerprint density at radius 2 is 2.07 bits per heavy atom. The Hall–Kier alpha value is -3.55. The van der Waals surface area contributed by atoms with Crippen LogP contribution in [-0.2, 0) is 14.4 Å². The number of anilines is 3. The van der Waals surface area contributed by atoms with E-state index in [9.17, 15) is 14.4 Å². The number of ether oxygens (including phenoxy) is 2. The molecule has 0 bridgehead atoms. The van der Waals surface area contributed by atoms with Crippen LogP contribution in [-0.4, -0.2) is 37.5 Å². The fraction of sp³-hybridized carbons (Fsp3) is 0.286. The van der Waals surface area contributed by atoms with Crippen LogP contribution in [0.3, 0.4) is 0 Å². The number of benzene rings is 2. The number of carbonyl (C=O) groups excluding carboxylic acids is 3. The Labute approximate surface area is 167 Å². The normalized spacial score (nSPS) is 20.6. The summed E-state index contributed by atoms with van der Waals surface area (Å²) in [6.07, 6.45) is -0.430. The van der Waals surface area contributed by atoms with Crippen LogP contribution in [0.2, 0.25) is 0 Å².